The van der Waals surface area contributed by atoms with Gasteiger partial charge in [0.25, 0.3) is 0 Å². The zero-order valence-corrected chi connectivity index (χ0v) is 17.0. The number of methoxy groups -OCH3 is 1. The second kappa shape index (κ2) is 9.01. The molecule has 0 atom stereocenters. The monoisotopic (exact) mass is 390 g/mol. The van der Waals surface area contributed by atoms with Gasteiger partial charge in [-0.05, 0) is 37.1 Å². The molecule has 0 aliphatic rings. The van der Waals surface area contributed by atoms with Gasteiger partial charge in [0, 0.05) is 25.3 Å². The minimum absolute atomic E-state index is 0.661. The number of benzene rings is 2. The zero-order valence-electron chi connectivity index (χ0n) is 17.0. The summed E-state index contributed by atoms with van der Waals surface area (Å²) in [5, 5.41) is 0. The third kappa shape index (κ3) is 4.22. The second-order valence-electron chi connectivity index (χ2n) is 7.00. The molecule has 29 heavy (non-hydrogen) atoms. The Hall–Kier alpha value is -2.99. The Kier molecular flexibility index (Phi) is 6.00. The van der Waals surface area contributed by atoms with E-state index in [1.165, 1.54) is 0 Å². The molecule has 0 spiro atoms. The lowest BCUT2D eigenvalue weighted by atomic mass is 10.2. The SMILES string of the molecule is CCCCOCCCn1c(-c2cccc(OC)c2)nc2nc3ccccc3nc21. The fourth-order valence-electron chi connectivity index (χ4n) is 3.37. The predicted octanol–water partition coefficient (Wildman–Crippen LogP) is 4.86. The molecule has 0 saturated heterocycles. The molecule has 0 radical (unpaired) electrons. The van der Waals surface area contributed by atoms with Gasteiger partial charge in [0.15, 0.2) is 11.3 Å². The van der Waals surface area contributed by atoms with Crippen molar-refractivity contribution in [1.29, 1.82) is 0 Å². The van der Waals surface area contributed by atoms with E-state index >= 15 is 0 Å². The number of unbranched alkanes of at least 4 members (excludes halogenated alkanes) is 1. The van der Waals surface area contributed by atoms with E-state index in [2.05, 4.69) is 11.5 Å². The molecule has 0 unspecified atom stereocenters. The van der Waals surface area contributed by atoms with Gasteiger partial charge in [-0.3, -0.25) is 0 Å². The van der Waals surface area contributed by atoms with Crippen molar-refractivity contribution < 1.29 is 9.47 Å². The van der Waals surface area contributed by atoms with Gasteiger partial charge in [0.1, 0.15) is 11.6 Å². The highest BCUT2D eigenvalue weighted by molar-refractivity contribution is 5.84. The summed E-state index contributed by atoms with van der Waals surface area (Å²) in [5.41, 5.74) is 4.17. The zero-order chi connectivity index (χ0) is 20.1. The molecule has 6 heteroatoms. The number of imidazole rings is 1. The molecule has 4 rings (SSSR count). The summed E-state index contributed by atoms with van der Waals surface area (Å²) in [5.74, 6) is 1.65. The Balaban J connectivity index is 1.72. The normalized spacial score (nSPS) is 11.4. The number of aromatic nitrogens is 4. The minimum Gasteiger partial charge on any atom is -0.497 e. The highest BCUT2D eigenvalue weighted by Gasteiger charge is 2.16. The molecule has 0 bridgehead atoms. The molecule has 2 aromatic carbocycles. The standard InChI is InChI=1S/C23H26N4O2/c1-3-4-14-29-15-8-13-27-22(17-9-7-10-18(16-17)28-2)26-21-23(27)25-20-12-6-5-11-19(20)24-21/h5-7,9-12,16H,3-4,8,13-15H2,1-2H3. The van der Waals surface area contributed by atoms with E-state index in [1.54, 1.807) is 7.11 Å². The van der Waals surface area contributed by atoms with Gasteiger partial charge < -0.3 is 14.0 Å². The molecule has 150 valence electrons. The molecule has 0 fully saturated rings. The predicted molar refractivity (Wildman–Crippen MR) is 115 cm³/mol. The van der Waals surface area contributed by atoms with Gasteiger partial charge in [0.2, 0.25) is 0 Å². The maximum atomic E-state index is 5.75. The largest absolute Gasteiger partial charge is 0.497 e. The molecule has 6 nitrogen and oxygen atoms in total. The number of fused-ring (bicyclic) bond motifs is 2. The summed E-state index contributed by atoms with van der Waals surface area (Å²) in [4.78, 5) is 14.4. The lowest BCUT2D eigenvalue weighted by Gasteiger charge is -2.10. The van der Waals surface area contributed by atoms with Crippen LogP contribution in [-0.2, 0) is 11.3 Å². The first-order valence-corrected chi connectivity index (χ1v) is 10.2. The van der Waals surface area contributed by atoms with Gasteiger partial charge in [0.05, 0.1) is 18.1 Å². The van der Waals surface area contributed by atoms with Crippen molar-refractivity contribution >= 4 is 22.3 Å². The van der Waals surface area contributed by atoms with Crippen LogP contribution in [0.15, 0.2) is 48.5 Å². The first-order valence-electron chi connectivity index (χ1n) is 10.2. The van der Waals surface area contributed by atoms with Gasteiger partial charge >= 0.3 is 0 Å². The number of nitrogens with zero attached hydrogens (tertiary/aromatic N) is 4. The van der Waals surface area contributed by atoms with E-state index < -0.39 is 0 Å². The van der Waals surface area contributed by atoms with Crippen molar-refractivity contribution in [2.45, 2.75) is 32.7 Å². The smallest absolute Gasteiger partial charge is 0.198 e. The summed E-state index contributed by atoms with van der Waals surface area (Å²) < 4.78 is 13.3. The fourth-order valence-corrected chi connectivity index (χ4v) is 3.37. The van der Waals surface area contributed by atoms with E-state index in [4.69, 9.17) is 24.4 Å². The molecule has 2 aromatic heterocycles. The van der Waals surface area contributed by atoms with Gasteiger partial charge in [-0.25, -0.2) is 15.0 Å². The first-order chi connectivity index (χ1) is 14.3. The average Bonchev–Trinajstić information content (AvgIpc) is 3.12. The molecular weight excluding hydrogens is 364 g/mol. The molecule has 0 aliphatic carbocycles. The van der Waals surface area contributed by atoms with Crippen LogP contribution in [0.3, 0.4) is 0 Å². The average molecular weight is 390 g/mol. The molecule has 0 saturated carbocycles. The lowest BCUT2D eigenvalue weighted by molar-refractivity contribution is 0.126. The Bertz CT molecular complexity index is 1110. The first kappa shape index (κ1) is 19.3. The minimum atomic E-state index is 0.661. The molecular formula is C23H26N4O2. The number of ether oxygens (including phenoxy) is 2. The van der Waals surface area contributed by atoms with Crippen LogP contribution in [0.25, 0.3) is 33.7 Å². The Morgan fingerprint density at radius 1 is 0.897 bits per heavy atom. The number of hydrogen-bond acceptors (Lipinski definition) is 5. The van der Waals surface area contributed by atoms with Crippen LogP contribution in [0.1, 0.15) is 26.2 Å². The summed E-state index contributed by atoms with van der Waals surface area (Å²) >= 11 is 0. The van der Waals surface area contributed by atoms with Crippen LogP contribution in [0.4, 0.5) is 0 Å². The lowest BCUT2D eigenvalue weighted by Crippen LogP contribution is -2.06. The van der Waals surface area contributed by atoms with Crippen LogP contribution in [0.5, 0.6) is 5.75 Å². The highest BCUT2D eigenvalue weighted by Crippen LogP contribution is 2.27. The Morgan fingerprint density at radius 2 is 1.69 bits per heavy atom. The van der Waals surface area contributed by atoms with Crippen molar-refractivity contribution in [1.82, 2.24) is 19.5 Å². The van der Waals surface area contributed by atoms with Crippen molar-refractivity contribution in [3.05, 3.63) is 48.5 Å². The van der Waals surface area contributed by atoms with Crippen molar-refractivity contribution in [3.63, 3.8) is 0 Å². The van der Waals surface area contributed by atoms with Gasteiger partial charge in [-0.2, -0.15) is 0 Å². The van der Waals surface area contributed by atoms with Crippen LogP contribution in [0.2, 0.25) is 0 Å². The Labute approximate surface area is 170 Å². The summed E-state index contributed by atoms with van der Waals surface area (Å²) in [6, 6.07) is 15.8. The van der Waals surface area contributed by atoms with E-state index in [1.807, 2.05) is 48.5 Å². The summed E-state index contributed by atoms with van der Waals surface area (Å²) in [6.07, 6.45) is 3.13. The molecule has 2 heterocycles. The summed E-state index contributed by atoms with van der Waals surface area (Å²) in [6.45, 7) is 4.47. The molecule has 0 amide bonds. The van der Waals surface area contributed by atoms with Crippen molar-refractivity contribution in [2.75, 3.05) is 20.3 Å². The quantitative estimate of drug-likeness (QED) is 0.382. The second-order valence-corrected chi connectivity index (χ2v) is 7.00. The Morgan fingerprint density at radius 3 is 2.48 bits per heavy atom. The van der Waals surface area contributed by atoms with Crippen LogP contribution < -0.4 is 4.74 Å². The van der Waals surface area contributed by atoms with Crippen LogP contribution in [-0.4, -0.2) is 39.8 Å². The summed E-state index contributed by atoms with van der Waals surface area (Å²) in [7, 11) is 1.67. The van der Waals surface area contributed by atoms with E-state index in [9.17, 15) is 0 Å². The molecule has 4 aromatic rings. The van der Waals surface area contributed by atoms with Crippen LogP contribution >= 0.6 is 0 Å². The van der Waals surface area contributed by atoms with Gasteiger partial charge in [-0.1, -0.05) is 37.6 Å². The third-order valence-corrected chi connectivity index (χ3v) is 4.90. The highest BCUT2D eigenvalue weighted by atomic mass is 16.5. The fraction of sp³-hybridized carbons (Fsp3) is 0.348. The maximum Gasteiger partial charge on any atom is 0.198 e. The number of rotatable bonds is 9. The third-order valence-electron chi connectivity index (χ3n) is 4.90. The van der Waals surface area contributed by atoms with Crippen molar-refractivity contribution in [3.8, 4) is 17.1 Å². The molecule has 0 N–H and O–H groups in total. The van der Waals surface area contributed by atoms with E-state index in [-0.39, 0.29) is 0 Å². The van der Waals surface area contributed by atoms with E-state index in [0.29, 0.717) is 5.65 Å². The molecule has 0 aliphatic heterocycles. The van der Waals surface area contributed by atoms with E-state index in [0.717, 1.165) is 72.8 Å². The maximum absolute atomic E-state index is 5.75. The topological polar surface area (TPSA) is 62.1 Å². The van der Waals surface area contributed by atoms with Crippen LogP contribution in [0, 0.1) is 0 Å². The number of hydrogen-bond donors (Lipinski definition) is 0. The van der Waals surface area contributed by atoms with Crippen molar-refractivity contribution in [2.24, 2.45) is 0 Å². The number of para-hydroxylation sites is 2. The number of aryl methyl sites for hydroxylation is 1. The van der Waals surface area contributed by atoms with Gasteiger partial charge in [-0.15, -0.1) is 0 Å².